The smallest absolute Gasteiger partial charge is 0.269 e. The summed E-state index contributed by atoms with van der Waals surface area (Å²) in [5.74, 6) is 0. The first kappa shape index (κ1) is 10.1. The number of non-ortho nitro benzene ring substituents is 1. The zero-order chi connectivity index (χ0) is 10.4. The van der Waals surface area contributed by atoms with Crippen LogP contribution in [-0.2, 0) is 0 Å². The molecule has 0 aromatic heterocycles. The summed E-state index contributed by atoms with van der Waals surface area (Å²) in [7, 11) is 0. The van der Waals surface area contributed by atoms with Crippen molar-refractivity contribution in [2.24, 2.45) is 10.8 Å². The number of hydrazone groups is 1. The van der Waals surface area contributed by atoms with Crippen molar-refractivity contribution in [2.45, 2.75) is 0 Å². The number of nitrogens with two attached hydrogens (primary N) is 1. The van der Waals surface area contributed by atoms with Gasteiger partial charge >= 0.3 is 0 Å². The second-order valence-electron chi connectivity index (χ2n) is 2.46. The normalized spacial score (nSPS) is 10.4. The topological polar surface area (TPSA) is 93.5 Å². The van der Waals surface area contributed by atoms with E-state index in [2.05, 4.69) is 10.5 Å². The first-order chi connectivity index (χ1) is 6.74. The summed E-state index contributed by atoms with van der Waals surface area (Å²) in [6.07, 6.45) is 1.50. The fourth-order valence-corrected chi connectivity index (χ4v) is 0.831. The minimum Gasteiger partial charge on any atom is -0.326 e. The minimum atomic E-state index is -0.451. The largest absolute Gasteiger partial charge is 0.326 e. The summed E-state index contributed by atoms with van der Waals surface area (Å²) in [5.41, 5.74) is 8.59. The third-order valence-corrected chi connectivity index (χ3v) is 1.47. The van der Waals surface area contributed by atoms with Crippen LogP contribution < -0.4 is 11.2 Å². The van der Waals surface area contributed by atoms with E-state index in [1.807, 2.05) is 0 Å². The van der Waals surface area contributed by atoms with Gasteiger partial charge < -0.3 is 5.73 Å². The Hall–Kier alpha value is -1.95. The molecule has 0 spiro atoms. The van der Waals surface area contributed by atoms with E-state index in [1.54, 1.807) is 12.1 Å². The van der Waals surface area contributed by atoms with E-state index in [0.717, 1.165) is 0 Å². The number of anilines is 1. The molecule has 0 bridgehead atoms. The van der Waals surface area contributed by atoms with Crippen molar-refractivity contribution in [2.75, 3.05) is 12.0 Å². The number of nitro groups is 1. The molecule has 0 aliphatic heterocycles. The molecule has 0 radical (unpaired) electrons. The van der Waals surface area contributed by atoms with Gasteiger partial charge in [-0.15, -0.1) is 0 Å². The van der Waals surface area contributed by atoms with E-state index in [4.69, 9.17) is 5.73 Å². The second kappa shape index (κ2) is 4.93. The van der Waals surface area contributed by atoms with Crippen LogP contribution in [0.5, 0.6) is 0 Å². The lowest BCUT2D eigenvalue weighted by Crippen LogP contribution is -2.01. The van der Waals surface area contributed by atoms with Gasteiger partial charge in [0.1, 0.15) is 0 Å². The van der Waals surface area contributed by atoms with Gasteiger partial charge in [0, 0.05) is 24.9 Å². The number of nitro benzene ring substituents is 1. The van der Waals surface area contributed by atoms with Crippen LogP contribution in [0.4, 0.5) is 11.4 Å². The van der Waals surface area contributed by atoms with Crippen molar-refractivity contribution in [3.05, 3.63) is 34.4 Å². The zero-order valence-electron chi connectivity index (χ0n) is 7.38. The summed E-state index contributed by atoms with van der Waals surface area (Å²) in [5, 5.41) is 14.1. The highest BCUT2D eigenvalue weighted by Gasteiger charge is 2.02. The lowest BCUT2D eigenvalue weighted by Gasteiger charge is -1.98. The van der Waals surface area contributed by atoms with Crippen LogP contribution in [0.3, 0.4) is 0 Å². The third-order valence-electron chi connectivity index (χ3n) is 1.47. The molecule has 0 fully saturated rings. The molecular formula is C8H10N4O2. The molecule has 0 aliphatic rings. The lowest BCUT2D eigenvalue weighted by atomic mass is 10.3. The predicted octanol–water partition coefficient (Wildman–Crippen LogP) is 0.951. The number of nitrogens with one attached hydrogen (secondary N) is 1. The summed E-state index contributed by atoms with van der Waals surface area (Å²) in [4.78, 5) is 9.86. The van der Waals surface area contributed by atoms with Crippen LogP contribution >= 0.6 is 0 Å². The molecule has 1 aromatic rings. The average molecular weight is 194 g/mol. The molecular weight excluding hydrogens is 184 g/mol. The van der Waals surface area contributed by atoms with E-state index in [-0.39, 0.29) is 5.69 Å². The minimum absolute atomic E-state index is 0.0540. The maximum atomic E-state index is 10.3. The van der Waals surface area contributed by atoms with Crippen molar-refractivity contribution in [3.63, 3.8) is 0 Å². The quantitative estimate of drug-likeness (QED) is 0.424. The molecule has 6 nitrogen and oxygen atoms in total. The maximum absolute atomic E-state index is 10.3. The van der Waals surface area contributed by atoms with Crippen molar-refractivity contribution in [1.82, 2.24) is 0 Å². The molecule has 0 unspecified atom stereocenters. The molecule has 0 amide bonds. The van der Waals surface area contributed by atoms with Crippen molar-refractivity contribution >= 4 is 17.6 Å². The summed E-state index contributed by atoms with van der Waals surface area (Å²) < 4.78 is 0. The van der Waals surface area contributed by atoms with Crippen LogP contribution in [0.1, 0.15) is 0 Å². The number of nitrogens with zero attached hydrogens (tertiary/aromatic N) is 2. The Morgan fingerprint density at radius 3 is 2.64 bits per heavy atom. The Balaban J connectivity index is 2.64. The van der Waals surface area contributed by atoms with Crippen LogP contribution in [-0.4, -0.2) is 17.7 Å². The number of benzene rings is 1. The molecule has 14 heavy (non-hydrogen) atoms. The molecule has 74 valence electrons. The molecule has 6 heteroatoms. The molecule has 0 saturated carbocycles. The molecule has 0 atom stereocenters. The zero-order valence-corrected chi connectivity index (χ0v) is 7.38. The molecule has 1 aromatic carbocycles. The van der Waals surface area contributed by atoms with Crippen molar-refractivity contribution in [1.29, 1.82) is 0 Å². The first-order valence-corrected chi connectivity index (χ1v) is 3.96. The maximum Gasteiger partial charge on any atom is 0.269 e. The van der Waals surface area contributed by atoms with E-state index in [9.17, 15) is 10.1 Å². The van der Waals surface area contributed by atoms with Gasteiger partial charge in [0.2, 0.25) is 0 Å². The van der Waals surface area contributed by atoms with Gasteiger partial charge in [-0.3, -0.25) is 15.5 Å². The number of rotatable bonds is 4. The molecule has 0 aliphatic carbocycles. The highest BCUT2D eigenvalue weighted by molar-refractivity contribution is 5.61. The fraction of sp³-hybridized carbons (Fsp3) is 0.125. The van der Waals surface area contributed by atoms with Crippen LogP contribution in [0.15, 0.2) is 29.4 Å². The molecule has 0 heterocycles. The Morgan fingerprint density at radius 1 is 1.50 bits per heavy atom. The summed E-state index contributed by atoms with van der Waals surface area (Å²) >= 11 is 0. The molecule has 1 rings (SSSR count). The number of hydrogen-bond acceptors (Lipinski definition) is 5. The van der Waals surface area contributed by atoms with E-state index in [0.29, 0.717) is 12.2 Å². The lowest BCUT2D eigenvalue weighted by molar-refractivity contribution is -0.384. The Morgan fingerprint density at radius 2 is 2.14 bits per heavy atom. The first-order valence-electron chi connectivity index (χ1n) is 3.96. The monoisotopic (exact) mass is 194 g/mol. The number of hydrogen-bond donors (Lipinski definition) is 2. The van der Waals surface area contributed by atoms with Gasteiger partial charge in [-0.1, -0.05) is 0 Å². The highest BCUT2D eigenvalue weighted by Crippen LogP contribution is 2.14. The highest BCUT2D eigenvalue weighted by atomic mass is 16.6. The van der Waals surface area contributed by atoms with Gasteiger partial charge in [0.15, 0.2) is 0 Å². The van der Waals surface area contributed by atoms with Crippen molar-refractivity contribution < 1.29 is 4.92 Å². The van der Waals surface area contributed by atoms with Crippen molar-refractivity contribution in [3.8, 4) is 0 Å². The van der Waals surface area contributed by atoms with Crippen LogP contribution in [0, 0.1) is 10.1 Å². The van der Waals surface area contributed by atoms with Gasteiger partial charge in [-0.2, -0.15) is 5.10 Å². The van der Waals surface area contributed by atoms with E-state index < -0.39 is 4.92 Å². The van der Waals surface area contributed by atoms with Gasteiger partial charge in [0.05, 0.1) is 10.6 Å². The van der Waals surface area contributed by atoms with Crippen LogP contribution in [0.25, 0.3) is 0 Å². The third kappa shape index (κ3) is 2.83. The van der Waals surface area contributed by atoms with Gasteiger partial charge in [-0.25, -0.2) is 0 Å². The van der Waals surface area contributed by atoms with Crippen LogP contribution in [0.2, 0.25) is 0 Å². The molecule has 3 N–H and O–H groups in total. The summed E-state index contributed by atoms with van der Waals surface area (Å²) in [6.45, 7) is 0.347. The Labute approximate surface area is 80.6 Å². The Bertz CT molecular complexity index is 334. The summed E-state index contributed by atoms with van der Waals surface area (Å²) in [6, 6.07) is 5.96. The SMILES string of the molecule is NCC=NNc1ccc([N+](=O)[O-])cc1. The van der Waals surface area contributed by atoms with Gasteiger partial charge in [0.25, 0.3) is 5.69 Å². The average Bonchev–Trinajstić information content (AvgIpc) is 2.19. The van der Waals surface area contributed by atoms with E-state index in [1.165, 1.54) is 18.3 Å². The Kier molecular flexibility index (Phi) is 3.57. The fourth-order valence-electron chi connectivity index (χ4n) is 0.831. The second-order valence-corrected chi connectivity index (χ2v) is 2.46. The van der Waals surface area contributed by atoms with Gasteiger partial charge in [-0.05, 0) is 12.1 Å². The van der Waals surface area contributed by atoms with E-state index >= 15 is 0 Å². The standard InChI is InChI=1S/C8H10N4O2/c9-5-6-10-11-7-1-3-8(4-2-7)12(13)14/h1-4,6,11H,5,9H2. The predicted molar refractivity (Wildman–Crippen MR) is 54.3 cm³/mol. The molecule has 0 saturated heterocycles.